The summed E-state index contributed by atoms with van der Waals surface area (Å²) in [5.41, 5.74) is 7.28. The standard InChI is InChI=1S/C19H20N4O2S.ClH/c20-11-12-21-19(25)13-5-1-2-6-14(13)22-17(24)9-10-18-23-15-7-3-4-8-16(15)26-18;/h1-8H,9-12,20H2,(H,21,25)(H,22,24);1H. The van der Waals surface area contributed by atoms with Gasteiger partial charge in [-0.1, -0.05) is 24.3 Å². The largest absolute Gasteiger partial charge is 0.351 e. The maximum atomic E-state index is 12.3. The number of hydrogen-bond donors (Lipinski definition) is 3. The number of amides is 2. The van der Waals surface area contributed by atoms with Gasteiger partial charge in [-0.3, -0.25) is 9.59 Å². The SMILES string of the molecule is Cl.NCCNC(=O)c1ccccc1NC(=O)CCc1nc2ccccc2s1. The van der Waals surface area contributed by atoms with E-state index in [1.165, 1.54) is 0 Å². The molecule has 4 N–H and O–H groups in total. The summed E-state index contributed by atoms with van der Waals surface area (Å²) < 4.78 is 1.12. The summed E-state index contributed by atoms with van der Waals surface area (Å²) in [6.07, 6.45) is 0.866. The van der Waals surface area contributed by atoms with Crippen LogP contribution in [0.15, 0.2) is 48.5 Å². The second-order valence-electron chi connectivity index (χ2n) is 5.71. The fourth-order valence-corrected chi connectivity index (χ4v) is 3.50. The lowest BCUT2D eigenvalue weighted by molar-refractivity contribution is -0.116. The molecular weight excluding hydrogens is 384 g/mol. The third-order valence-corrected chi connectivity index (χ3v) is 4.88. The maximum Gasteiger partial charge on any atom is 0.253 e. The minimum Gasteiger partial charge on any atom is -0.351 e. The van der Waals surface area contributed by atoms with Gasteiger partial charge in [-0.2, -0.15) is 0 Å². The first-order chi connectivity index (χ1) is 12.7. The van der Waals surface area contributed by atoms with Gasteiger partial charge in [0.05, 0.1) is 26.5 Å². The van der Waals surface area contributed by atoms with Gasteiger partial charge >= 0.3 is 0 Å². The number of fused-ring (bicyclic) bond motifs is 1. The first-order valence-electron chi connectivity index (χ1n) is 8.39. The predicted octanol–water partition coefficient (Wildman–Crippen LogP) is 2.98. The summed E-state index contributed by atoms with van der Waals surface area (Å²) in [4.78, 5) is 29.0. The number of hydrogen-bond acceptors (Lipinski definition) is 5. The number of carbonyl (C=O) groups excluding carboxylic acids is 2. The lowest BCUT2D eigenvalue weighted by Crippen LogP contribution is -2.30. The number of nitrogens with one attached hydrogen (secondary N) is 2. The van der Waals surface area contributed by atoms with Gasteiger partial charge in [0, 0.05) is 25.9 Å². The Labute approximate surface area is 167 Å². The molecule has 3 rings (SSSR count). The van der Waals surface area contributed by atoms with Crippen LogP contribution in [0.25, 0.3) is 10.2 Å². The summed E-state index contributed by atoms with van der Waals surface area (Å²) >= 11 is 1.60. The van der Waals surface area contributed by atoms with Crippen LogP contribution in [0.5, 0.6) is 0 Å². The molecule has 0 saturated heterocycles. The Balaban J connectivity index is 0.00000261. The molecule has 0 spiro atoms. The van der Waals surface area contributed by atoms with E-state index in [0.717, 1.165) is 15.2 Å². The van der Waals surface area contributed by atoms with Crippen molar-refractivity contribution in [3.63, 3.8) is 0 Å². The van der Waals surface area contributed by atoms with Crippen molar-refractivity contribution in [2.75, 3.05) is 18.4 Å². The summed E-state index contributed by atoms with van der Waals surface area (Å²) in [6, 6.07) is 14.8. The van der Waals surface area contributed by atoms with E-state index in [1.54, 1.807) is 35.6 Å². The van der Waals surface area contributed by atoms with Gasteiger partial charge in [0.2, 0.25) is 5.91 Å². The monoisotopic (exact) mass is 404 g/mol. The van der Waals surface area contributed by atoms with Crippen LogP contribution in [0.4, 0.5) is 5.69 Å². The van der Waals surface area contributed by atoms with Crippen LogP contribution in [-0.2, 0) is 11.2 Å². The van der Waals surface area contributed by atoms with Gasteiger partial charge in [-0.05, 0) is 24.3 Å². The Morgan fingerprint density at radius 2 is 1.81 bits per heavy atom. The predicted molar refractivity (Wildman–Crippen MR) is 112 cm³/mol. The molecule has 1 aromatic heterocycles. The summed E-state index contributed by atoms with van der Waals surface area (Å²) in [5.74, 6) is -0.402. The lowest BCUT2D eigenvalue weighted by Gasteiger charge is -2.10. The fraction of sp³-hybridized carbons (Fsp3) is 0.211. The molecule has 0 fully saturated rings. The molecule has 0 bridgehead atoms. The smallest absolute Gasteiger partial charge is 0.253 e. The van der Waals surface area contributed by atoms with Crippen molar-refractivity contribution < 1.29 is 9.59 Å². The van der Waals surface area contributed by atoms with Crippen molar-refractivity contribution in [2.24, 2.45) is 5.73 Å². The molecule has 0 radical (unpaired) electrons. The van der Waals surface area contributed by atoms with Gasteiger partial charge in [0.25, 0.3) is 5.91 Å². The number of benzene rings is 2. The van der Waals surface area contributed by atoms with Crippen LogP contribution in [0.2, 0.25) is 0 Å². The summed E-state index contributed by atoms with van der Waals surface area (Å²) in [7, 11) is 0. The zero-order valence-corrected chi connectivity index (χ0v) is 16.2. The molecule has 2 aromatic carbocycles. The van der Waals surface area contributed by atoms with E-state index < -0.39 is 0 Å². The van der Waals surface area contributed by atoms with Gasteiger partial charge in [-0.15, -0.1) is 23.7 Å². The Hall–Kier alpha value is -2.48. The summed E-state index contributed by atoms with van der Waals surface area (Å²) in [6.45, 7) is 0.751. The number of anilines is 1. The van der Waals surface area contributed by atoms with Crippen LogP contribution in [0.3, 0.4) is 0 Å². The number of carbonyl (C=O) groups is 2. The number of aryl methyl sites for hydroxylation is 1. The molecule has 27 heavy (non-hydrogen) atoms. The molecule has 0 atom stereocenters. The van der Waals surface area contributed by atoms with E-state index in [2.05, 4.69) is 15.6 Å². The molecule has 0 saturated carbocycles. The Morgan fingerprint density at radius 1 is 1.07 bits per heavy atom. The van der Waals surface area contributed by atoms with Gasteiger partial charge in [-0.25, -0.2) is 4.98 Å². The Bertz CT molecular complexity index is 896. The number of halogens is 1. The van der Waals surface area contributed by atoms with Crippen LogP contribution < -0.4 is 16.4 Å². The van der Waals surface area contributed by atoms with Crippen LogP contribution in [0.1, 0.15) is 21.8 Å². The van der Waals surface area contributed by atoms with Crippen molar-refractivity contribution in [1.82, 2.24) is 10.3 Å². The maximum absolute atomic E-state index is 12.3. The Kier molecular flexibility index (Phi) is 7.72. The van der Waals surface area contributed by atoms with Crippen LogP contribution in [-0.4, -0.2) is 29.9 Å². The molecule has 0 aliphatic heterocycles. The van der Waals surface area contributed by atoms with Crippen LogP contribution >= 0.6 is 23.7 Å². The molecular formula is C19H21ClN4O2S. The fourth-order valence-electron chi connectivity index (χ4n) is 2.53. The Morgan fingerprint density at radius 3 is 2.59 bits per heavy atom. The molecule has 0 aliphatic carbocycles. The molecule has 0 unspecified atom stereocenters. The summed E-state index contributed by atoms with van der Waals surface area (Å²) in [5, 5.41) is 6.46. The molecule has 2 amide bonds. The van der Waals surface area contributed by atoms with Crippen molar-refractivity contribution in [3.05, 3.63) is 59.1 Å². The van der Waals surface area contributed by atoms with Crippen molar-refractivity contribution in [3.8, 4) is 0 Å². The second kappa shape index (κ2) is 10.0. The van der Waals surface area contributed by atoms with Gasteiger partial charge < -0.3 is 16.4 Å². The van der Waals surface area contributed by atoms with Crippen molar-refractivity contribution >= 4 is 51.5 Å². The van der Waals surface area contributed by atoms with Gasteiger partial charge in [0.15, 0.2) is 0 Å². The van der Waals surface area contributed by atoms with E-state index in [9.17, 15) is 9.59 Å². The van der Waals surface area contributed by atoms with Crippen LogP contribution in [0, 0.1) is 0 Å². The minimum absolute atomic E-state index is 0. The second-order valence-corrected chi connectivity index (χ2v) is 6.83. The molecule has 3 aromatic rings. The highest BCUT2D eigenvalue weighted by Gasteiger charge is 2.13. The number of nitrogens with two attached hydrogens (primary N) is 1. The first-order valence-corrected chi connectivity index (χ1v) is 9.20. The van der Waals surface area contributed by atoms with Gasteiger partial charge in [0.1, 0.15) is 0 Å². The van der Waals surface area contributed by atoms with E-state index in [1.807, 2.05) is 24.3 Å². The third kappa shape index (κ3) is 5.50. The van der Waals surface area contributed by atoms with E-state index >= 15 is 0 Å². The number of para-hydroxylation sites is 2. The number of aromatic nitrogens is 1. The van der Waals surface area contributed by atoms with E-state index in [4.69, 9.17) is 5.73 Å². The number of thiazole rings is 1. The molecule has 0 aliphatic rings. The number of nitrogens with zero attached hydrogens (tertiary/aromatic N) is 1. The quantitative estimate of drug-likeness (QED) is 0.563. The zero-order valence-electron chi connectivity index (χ0n) is 14.6. The highest BCUT2D eigenvalue weighted by Crippen LogP contribution is 2.22. The highest BCUT2D eigenvalue weighted by atomic mass is 35.5. The molecule has 6 nitrogen and oxygen atoms in total. The minimum atomic E-state index is -0.252. The highest BCUT2D eigenvalue weighted by molar-refractivity contribution is 7.18. The molecule has 8 heteroatoms. The number of rotatable bonds is 7. The topological polar surface area (TPSA) is 97.1 Å². The van der Waals surface area contributed by atoms with Crippen molar-refractivity contribution in [2.45, 2.75) is 12.8 Å². The lowest BCUT2D eigenvalue weighted by atomic mass is 10.1. The van der Waals surface area contributed by atoms with E-state index in [-0.39, 0.29) is 24.2 Å². The zero-order chi connectivity index (χ0) is 18.4. The molecule has 142 valence electrons. The third-order valence-electron chi connectivity index (χ3n) is 3.78. The van der Waals surface area contributed by atoms with E-state index in [0.29, 0.717) is 37.2 Å². The average Bonchev–Trinajstić information content (AvgIpc) is 3.08. The average molecular weight is 405 g/mol. The molecule has 1 heterocycles. The first kappa shape index (κ1) is 20.8. The normalized spacial score (nSPS) is 10.3. The van der Waals surface area contributed by atoms with Crippen molar-refractivity contribution in [1.29, 1.82) is 0 Å².